The van der Waals surface area contributed by atoms with Gasteiger partial charge in [-0.25, -0.2) is 8.42 Å². The van der Waals surface area contributed by atoms with Crippen LogP contribution in [0.2, 0.25) is 0 Å². The highest BCUT2D eigenvalue weighted by Crippen LogP contribution is 2.13. The third kappa shape index (κ3) is 4.39. The lowest BCUT2D eigenvalue weighted by atomic mass is 10.1. The summed E-state index contributed by atoms with van der Waals surface area (Å²) in [5, 5.41) is 2.73. The lowest BCUT2D eigenvalue weighted by molar-refractivity contribution is 0.0637. The van der Waals surface area contributed by atoms with E-state index in [9.17, 15) is 18.0 Å². The number of nitrogens with one attached hydrogen (secondary N) is 1. The quantitative estimate of drug-likeness (QED) is 0.775. The summed E-state index contributed by atoms with van der Waals surface area (Å²) in [5.74, 6) is -0.489. The molecule has 0 bridgehead atoms. The predicted octanol–water partition coefficient (Wildman–Crippen LogP) is -0.224. The summed E-state index contributed by atoms with van der Waals surface area (Å²) in [6.45, 7) is 6.01. The molecule has 2 fully saturated rings. The number of sulfone groups is 1. The molecular weight excluding hydrogens is 356 g/mol. The number of nitrogens with zero attached hydrogens (tertiary/aromatic N) is 3. The molecule has 3 heterocycles. The van der Waals surface area contributed by atoms with Gasteiger partial charge in [-0.1, -0.05) is 6.92 Å². The van der Waals surface area contributed by atoms with E-state index in [2.05, 4.69) is 22.1 Å². The SMILES string of the molecule is CCN1CCN(C(=O)c2cc(C(=O)NC3CCS(=O)(=O)C3)ccn2)CC1. The Morgan fingerprint density at radius 1 is 1.27 bits per heavy atom. The molecule has 3 rings (SSSR count). The Labute approximate surface area is 153 Å². The summed E-state index contributed by atoms with van der Waals surface area (Å²) in [5.41, 5.74) is 0.557. The van der Waals surface area contributed by atoms with Gasteiger partial charge in [-0.15, -0.1) is 0 Å². The molecule has 1 N–H and O–H groups in total. The minimum atomic E-state index is -3.06. The molecular formula is C17H24N4O4S. The molecule has 2 amide bonds. The normalized spacial score (nSPS) is 23.0. The fraction of sp³-hybridized carbons (Fsp3) is 0.588. The van der Waals surface area contributed by atoms with Crippen LogP contribution >= 0.6 is 0 Å². The zero-order valence-electron chi connectivity index (χ0n) is 14.8. The van der Waals surface area contributed by atoms with E-state index >= 15 is 0 Å². The van der Waals surface area contributed by atoms with Crippen molar-refractivity contribution < 1.29 is 18.0 Å². The number of piperazine rings is 1. The topological polar surface area (TPSA) is 99.7 Å². The predicted molar refractivity (Wildman–Crippen MR) is 96.8 cm³/mol. The number of rotatable bonds is 4. The highest BCUT2D eigenvalue weighted by Gasteiger charge is 2.29. The minimum absolute atomic E-state index is 0.0304. The highest BCUT2D eigenvalue weighted by atomic mass is 32.2. The summed E-state index contributed by atoms with van der Waals surface area (Å²) in [6.07, 6.45) is 1.86. The third-order valence-electron chi connectivity index (χ3n) is 4.92. The molecule has 2 saturated heterocycles. The van der Waals surface area contributed by atoms with Crippen molar-refractivity contribution in [1.29, 1.82) is 0 Å². The second-order valence-corrected chi connectivity index (χ2v) is 8.96. The average Bonchev–Trinajstić information content (AvgIpc) is 2.99. The van der Waals surface area contributed by atoms with E-state index < -0.39 is 9.84 Å². The maximum absolute atomic E-state index is 12.6. The van der Waals surface area contributed by atoms with Crippen molar-refractivity contribution in [3.63, 3.8) is 0 Å². The molecule has 142 valence electrons. The first-order chi connectivity index (χ1) is 12.4. The molecule has 1 aromatic rings. The summed E-state index contributed by atoms with van der Waals surface area (Å²) < 4.78 is 23.0. The van der Waals surface area contributed by atoms with E-state index in [0.29, 0.717) is 25.1 Å². The van der Waals surface area contributed by atoms with Crippen LogP contribution in [0.5, 0.6) is 0 Å². The van der Waals surface area contributed by atoms with Crippen LogP contribution in [0, 0.1) is 0 Å². The Morgan fingerprint density at radius 3 is 2.62 bits per heavy atom. The van der Waals surface area contributed by atoms with Crippen LogP contribution in [0.25, 0.3) is 0 Å². The van der Waals surface area contributed by atoms with E-state index in [1.807, 2.05) is 0 Å². The number of hydrogen-bond donors (Lipinski definition) is 1. The zero-order valence-corrected chi connectivity index (χ0v) is 15.7. The molecule has 1 aromatic heterocycles. The fourth-order valence-corrected chi connectivity index (χ4v) is 4.97. The van der Waals surface area contributed by atoms with Crippen molar-refractivity contribution in [3.05, 3.63) is 29.6 Å². The van der Waals surface area contributed by atoms with Gasteiger partial charge in [0.15, 0.2) is 9.84 Å². The number of likely N-dealkylation sites (N-methyl/N-ethyl adjacent to an activating group) is 1. The Hall–Kier alpha value is -2.00. The lowest BCUT2D eigenvalue weighted by Crippen LogP contribution is -2.48. The first-order valence-electron chi connectivity index (χ1n) is 8.87. The van der Waals surface area contributed by atoms with Crippen molar-refractivity contribution >= 4 is 21.7 Å². The number of hydrogen-bond acceptors (Lipinski definition) is 6. The number of carbonyl (C=O) groups excluding carboxylic acids is 2. The van der Waals surface area contributed by atoms with Gasteiger partial charge in [0, 0.05) is 44.0 Å². The van der Waals surface area contributed by atoms with Crippen molar-refractivity contribution in [3.8, 4) is 0 Å². The molecule has 1 unspecified atom stereocenters. The van der Waals surface area contributed by atoms with Crippen molar-refractivity contribution in [2.75, 3.05) is 44.2 Å². The maximum Gasteiger partial charge on any atom is 0.272 e. The van der Waals surface area contributed by atoms with Crippen LogP contribution in [0.1, 0.15) is 34.2 Å². The summed E-state index contributed by atoms with van der Waals surface area (Å²) in [7, 11) is -3.06. The van der Waals surface area contributed by atoms with Gasteiger partial charge in [0.25, 0.3) is 11.8 Å². The second kappa shape index (κ2) is 7.71. The van der Waals surface area contributed by atoms with Gasteiger partial charge < -0.3 is 15.1 Å². The Morgan fingerprint density at radius 2 is 2.00 bits per heavy atom. The van der Waals surface area contributed by atoms with Crippen LogP contribution < -0.4 is 5.32 Å². The summed E-state index contributed by atoms with van der Waals surface area (Å²) >= 11 is 0. The van der Waals surface area contributed by atoms with Crippen molar-refractivity contribution in [2.24, 2.45) is 0 Å². The van der Waals surface area contributed by atoms with Crippen LogP contribution in [0.4, 0.5) is 0 Å². The number of carbonyl (C=O) groups is 2. The summed E-state index contributed by atoms with van der Waals surface area (Å²) in [4.78, 5) is 33.1. The average molecular weight is 380 g/mol. The third-order valence-corrected chi connectivity index (χ3v) is 6.68. The maximum atomic E-state index is 12.6. The summed E-state index contributed by atoms with van der Waals surface area (Å²) in [6, 6.07) is 2.64. The monoisotopic (exact) mass is 380 g/mol. The van der Waals surface area contributed by atoms with Crippen LogP contribution in [0.15, 0.2) is 18.3 Å². The number of amides is 2. The zero-order chi connectivity index (χ0) is 18.7. The molecule has 0 aliphatic carbocycles. The second-order valence-electron chi connectivity index (χ2n) is 6.73. The van der Waals surface area contributed by atoms with E-state index in [4.69, 9.17) is 0 Å². The van der Waals surface area contributed by atoms with Crippen LogP contribution in [-0.2, 0) is 9.84 Å². The standard InChI is InChI=1S/C17H24N4O4S/c1-2-20-6-8-21(9-7-20)17(23)15-11-13(3-5-18-15)16(22)19-14-4-10-26(24,25)12-14/h3,5,11,14H,2,4,6-10,12H2,1H3,(H,19,22). The smallest absolute Gasteiger partial charge is 0.272 e. The van der Waals surface area contributed by atoms with Gasteiger partial charge in [-0.2, -0.15) is 0 Å². The van der Waals surface area contributed by atoms with E-state index in [1.54, 1.807) is 4.90 Å². The first kappa shape index (κ1) is 18.8. The Kier molecular flexibility index (Phi) is 5.57. The van der Waals surface area contributed by atoms with Gasteiger partial charge >= 0.3 is 0 Å². The number of aromatic nitrogens is 1. The van der Waals surface area contributed by atoms with Gasteiger partial charge in [0.2, 0.25) is 0 Å². The minimum Gasteiger partial charge on any atom is -0.348 e. The highest BCUT2D eigenvalue weighted by molar-refractivity contribution is 7.91. The van der Waals surface area contributed by atoms with Gasteiger partial charge in [-0.05, 0) is 25.1 Å². The molecule has 0 aromatic carbocycles. The fourth-order valence-electron chi connectivity index (χ4n) is 3.30. The Balaban J connectivity index is 1.64. The molecule has 9 heteroatoms. The van der Waals surface area contributed by atoms with Crippen molar-refractivity contribution in [1.82, 2.24) is 20.1 Å². The van der Waals surface area contributed by atoms with E-state index in [0.717, 1.165) is 19.6 Å². The molecule has 26 heavy (non-hydrogen) atoms. The van der Waals surface area contributed by atoms with E-state index in [-0.39, 0.29) is 35.1 Å². The first-order valence-corrected chi connectivity index (χ1v) is 10.7. The van der Waals surface area contributed by atoms with Crippen molar-refractivity contribution in [2.45, 2.75) is 19.4 Å². The number of pyridine rings is 1. The van der Waals surface area contributed by atoms with Crippen LogP contribution in [0.3, 0.4) is 0 Å². The lowest BCUT2D eigenvalue weighted by Gasteiger charge is -2.33. The molecule has 0 radical (unpaired) electrons. The molecule has 0 spiro atoms. The van der Waals surface area contributed by atoms with E-state index in [1.165, 1.54) is 18.3 Å². The largest absolute Gasteiger partial charge is 0.348 e. The molecule has 0 saturated carbocycles. The van der Waals surface area contributed by atoms with Gasteiger partial charge in [-0.3, -0.25) is 14.6 Å². The Bertz CT molecular complexity index is 788. The molecule has 2 aliphatic rings. The molecule has 8 nitrogen and oxygen atoms in total. The van der Waals surface area contributed by atoms with Gasteiger partial charge in [0.1, 0.15) is 5.69 Å². The molecule has 1 atom stereocenters. The molecule has 2 aliphatic heterocycles. The van der Waals surface area contributed by atoms with Crippen LogP contribution in [-0.4, -0.2) is 85.3 Å². The van der Waals surface area contributed by atoms with Gasteiger partial charge in [0.05, 0.1) is 11.5 Å².